The topological polar surface area (TPSA) is 176 Å². The van der Waals surface area contributed by atoms with Crippen molar-refractivity contribution in [1.82, 2.24) is 30.2 Å². The van der Waals surface area contributed by atoms with E-state index in [0.29, 0.717) is 31.4 Å². The molecule has 0 saturated carbocycles. The lowest BCUT2D eigenvalue weighted by molar-refractivity contribution is -0.155. The molecule has 14 heteroatoms. The van der Waals surface area contributed by atoms with E-state index in [2.05, 4.69) is 54.3 Å². The summed E-state index contributed by atoms with van der Waals surface area (Å²) in [6.45, 7) is 12.9. The van der Waals surface area contributed by atoms with Gasteiger partial charge in [-0.25, -0.2) is 5.43 Å². The number of β-amino-alcohol motifs (C(OH)–C–C–N with tert-alkyl or cyclic N) is 1. The van der Waals surface area contributed by atoms with Gasteiger partial charge in [0.25, 0.3) is 5.91 Å². The van der Waals surface area contributed by atoms with Gasteiger partial charge in [0.05, 0.1) is 36.6 Å². The van der Waals surface area contributed by atoms with Crippen LogP contribution in [0.1, 0.15) is 83.7 Å². The molecule has 5 atom stereocenters. The van der Waals surface area contributed by atoms with E-state index < -0.39 is 47.4 Å². The van der Waals surface area contributed by atoms with E-state index in [1.165, 1.54) is 9.91 Å². The van der Waals surface area contributed by atoms with Crippen LogP contribution in [0.2, 0.25) is 0 Å². The number of carbonyl (C=O) groups is 4. The molecule has 5 heterocycles. The Morgan fingerprint density at radius 1 is 1.08 bits per heavy atom. The van der Waals surface area contributed by atoms with Crippen molar-refractivity contribution in [2.45, 2.75) is 111 Å². The Morgan fingerprint density at radius 3 is 2.57 bits per heavy atom. The monoisotopic (exact) mass is 822 g/mol. The van der Waals surface area contributed by atoms with E-state index >= 15 is 0 Å². The number of aliphatic hydroxyl groups excluding tert-OH is 1. The Bertz CT molecular complexity index is 2290. The zero-order valence-corrected chi connectivity index (χ0v) is 35.7. The van der Waals surface area contributed by atoms with Gasteiger partial charge in [0.1, 0.15) is 23.9 Å². The minimum atomic E-state index is -1.14. The SMILES string of the molecule is CCn1c(-c2cccnc2[C@H](C)OC)c2c3cc(ccc31)-c1cc(O)cc(c1)C[C@H](NC(=O)[C@H](C(C)C)N1C[C@@H](O)CC1=O)C(=O)N1CCC[C@H](N1)C(=O)OCC(C)(C)C2. The van der Waals surface area contributed by atoms with Crippen molar-refractivity contribution in [3.8, 4) is 28.1 Å². The first-order valence-electron chi connectivity index (χ1n) is 21.1. The molecule has 6 bridgehead atoms. The number of aromatic nitrogens is 2. The van der Waals surface area contributed by atoms with Gasteiger partial charge in [-0.15, -0.1) is 0 Å². The lowest BCUT2D eigenvalue weighted by Crippen LogP contribution is -2.62. The number of nitrogens with one attached hydrogen (secondary N) is 2. The van der Waals surface area contributed by atoms with Crippen LogP contribution in [-0.4, -0.2) is 104 Å². The number of aromatic hydroxyl groups is 1. The number of pyridine rings is 1. The smallest absolute Gasteiger partial charge is 0.324 e. The number of amides is 3. The number of likely N-dealkylation sites (tertiary alicyclic amines) is 1. The van der Waals surface area contributed by atoms with Crippen molar-refractivity contribution < 1.29 is 38.9 Å². The van der Waals surface area contributed by atoms with Crippen LogP contribution in [0.3, 0.4) is 0 Å². The second-order valence-corrected chi connectivity index (χ2v) is 17.6. The van der Waals surface area contributed by atoms with Crippen molar-refractivity contribution in [3.63, 3.8) is 0 Å². The number of esters is 1. The Balaban J connectivity index is 1.37. The summed E-state index contributed by atoms with van der Waals surface area (Å²) in [5.41, 5.74) is 9.55. The molecule has 4 N–H and O–H groups in total. The average molecular weight is 823 g/mol. The number of fused-ring (bicyclic) bond motifs is 6. The molecule has 14 nitrogen and oxygen atoms in total. The molecule has 2 fully saturated rings. The van der Waals surface area contributed by atoms with Crippen LogP contribution in [0.5, 0.6) is 5.75 Å². The molecule has 3 aliphatic rings. The molecule has 60 heavy (non-hydrogen) atoms. The van der Waals surface area contributed by atoms with Crippen molar-refractivity contribution in [2.75, 3.05) is 26.8 Å². The van der Waals surface area contributed by atoms with E-state index in [1.807, 2.05) is 39.0 Å². The first-order valence-corrected chi connectivity index (χ1v) is 21.1. The van der Waals surface area contributed by atoms with Crippen LogP contribution in [0.4, 0.5) is 0 Å². The molecule has 3 aliphatic heterocycles. The molecule has 0 spiro atoms. The molecule has 2 aromatic carbocycles. The highest BCUT2D eigenvalue weighted by atomic mass is 16.5. The molecular weight excluding hydrogens is 765 g/mol. The lowest BCUT2D eigenvalue weighted by Gasteiger charge is -2.36. The van der Waals surface area contributed by atoms with Crippen molar-refractivity contribution in [3.05, 3.63) is 71.5 Å². The highest BCUT2D eigenvalue weighted by Crippen LogP contribution is 2.42. The van der Waals surface area contributed by atoms with Crippen molar-refractivity contribution >= 4 is 34.6 Å². The van der Waals surface area contributed by atoms with Gasteiger partial charge in [-0.1, -0.05) is 39.8 Å². The maximum Gasteiger partial charge on any atom is 0.324 e. The fraction of sp³-hybridized carbons (Fsp3) is 0.500. The van der Waals surface area contributed by atoms with Gasteiger partial charge in [0.2, 0.25) is 11.8 Å². The molecule has 2 aromatic heterocycles. The molecule has 0 radical (unpaired) electrons. The summed E-state index contributed by atoms with van der Waals surface area (Å²) >= 11 is 0. The standard InChI is InChI=1S/C46H58N6O8/c1-8-50-38-14-13-29-21-34(38)35(42(50)33-11-9-15-47-40(33)27(4)59-7)23-46(5,6)25-60-45(58)36-12-10-16-52(49-36)44(57)37(19-28-17-30(29)20-31(53)18-28)48-43(56)41(26(2)3)51-24-32(54)22-39(51)55/h9,11,13-15,17-18,20-21,26-27,32,36-37,41,49,53-54H,8,10,12,16,19,22-25H2,1-7H3,(H,48,56)/t27-,32-,36-,37-,41-/m0/s1. The number of phenols is 1. The predicted molar refractivity (Wildman–Crippen MR) is 226 cm³/mol. The molecule has 320 valence electrons. The number of phenolic OH excluding ortho intramolecular Hbond substituents is 1. The van der Waals surface area contributed by atoms with E-state index in [1.54, 1.807) is 25.4 Å². The van der Waals surface area contributed by atoms with E-state index in [-0.39, 0.29) is 56.2 Å². The quantitative estimate of drug-likeness (QED) is 0.176. The van der Waals surface area contributed by atoms with Crippen LogP contribution in [0.25, 0.3) is 33.3 Å². The second kappa shape index (κ2) is 17.3. The van der Waals surface area contributed by atoms with E-state index in [9.17, 15) is 29.4 Å². The molecule has 4 aromatic rings. The highest BCUT2D eigenvalue weighted by molar-refractivity contribution is 5.96. The minimum Gasteiger partial charge on any atom is -0.508 e. The van der Waals surface area contributed by atoms with Crippen LogP contribution in [0.15, 0.2) is 54.7 Å². The van der Waals surface area contributed by atoms with Gasteiger partial charge in [-0.2, -0.15) is 0 Å². The number of nitrogens with zero attached hydrogens (tertiary/aromatic N) is 4. The highest BCUT2D eigenvalue weighted by Gasteiger charge is 2.41. The normalized spacial score (nSPS) is 22.1. The summed E-state index contributed by atoms with van der Waals surface area (Å²) in [5, 5.41) is 26.8. The van der Waals surface area contributed by atoms with Gasteiger partial charge in [-0.3, -0.25) is 29.2 Å². The second-order valence-electron chi connectivity index (χ2n) is 17.6. The minimum absolute atomic E-state index is 0.000163. The number of aliphatic hydroxyl groups is 1. The zero-order chi connectivity index (χ0) is 43.0. The molecule has 0 unspecified atom stereocenters. The number of carbonyl (C=O) groups excluding carboxylic acids is 4. The van der Waals surface area contributed by atoms with Crippen molar-refractivity contribution in [2.24, 2.45) is 11.3 Å². The summed E-state index contributed by atoms with van der Waals surface area (Å²) < 4.78 is 14.1. The van der Waals surface area contributed by atoms with Gasteiger partial charge in [-0.05, 0) is 97.7 Å². The summed E-state index contributed by atoms with van der Waals surface area (Å²) in [4.78, 5) is 61.5. The van der Waals surface area contributed by atoms with Gasteiger partial charge < -0.3 is 34.5 Å². The first kappa shape index (κ1) is 42.8. The Morgan fingerprint density at radius 2 is 1.87 bits per heavy atom. The third kappa shape index (κ3) is 8.63. The fourth-order valence-corrected chi connectivity index (χ4v) is 9.11. The number of cyclic esters (lactones) is 1. The fourth-order valence-electron chi connectivity index (χ4n) is 9.11. The van der Waals surface area contributed by atoms with Gasteiger partial charge in [0, 0.05) is 61.2 Å². The van der Waals surface area contributed by atoms with E-state index in [0.717, 1.165) is 44.5 Å². The first-order chi connectivity index (χ1) is 28.6. The maximum atomic E-state index is 14.5. The number of hydrazine groups is 1. The number of benzene rings is 2. The van der Waals surface area contributed by atoms with Gasteiger partial charge in [0.15, 0.2) is 0 Å². The predicted octanol–water partition coefficient (Wildman–Crippen LogP) is 5.07. The number of methoxy groups -OCH3 is 1. The van der Waals surface area contributed by atoms with Crippen LogP contribution in [-0.2, 0) is 48.0 Å². The number of rotatable bonds is 8. The van der Waals surface area contributed by atoms with Crippen LogP contribution >= 0.6 is 0 Å². The Kier molecular flexibility index (Phi) is 12.4. The zero-order valence-electron chi connectivity index (χ0n) is 35.7. The number of hydrogen-bond donors (Lipinski definition) is 4. The van der Waals surface area contributed by atoms with E-state index in [4.69, 9.17) is 14.5 Å². The molecule has 3 amide bonds. The van der Waals surface area contributed by atoms with Crippen LogP contribution in [0, 0.1) is 11.3 Å². The molecule has 7 rings (SSSR count). The Labute approximate surface area is 351 Å². The Hall–Kier alpha value is -5.31. The summed E-state index contributed by atoms with van der Waals surface area (Å²) in [6.07, 6.45) is 2.05. The number of ether oxygens (including phenoxy) is 2. The van der Waals surface area contributed by atoms with Crippen molar-refractivity contribution in [1.29, 1.82) is 0 Å². The summed E-state index contributed by atoms with van der Waals surface area (Å²) in [5.74, 6) is -2.15. The summed E-state index contributed by atoms with van der Waals surface area (Å²) in [7, 11) is 1.67. The van der Waals surface area contributed by atoms with Crippen LogP contribution < -0.4 is 10.7 Å². The maximum absolute atomic E-state index is 14.5. The lowest BCUT2D eigenvalue weighted by atomic mass is 9.84. The molecule has 2 saturated heterocycles. The number of aryl methyl sites for hydroxylation is 1. The number of hydrogen-bond acceptors (Lipinski definition) is 10. The third-order valence-electron chi connectivity index (χ3n) is 12.1. The molecule has 0 aliphatic carbocycles. The summed E-state index contributed by atoms with van der Waals surface area (Å²) in [6, 6.07) is 12.5. The molecular formula is C46H58N6O8. The average Bonchev–Trinajstić information content (AvgIpc) is 3.71. The third-order valence-corrected chi connectivity index (χ3v) is 12.1. The van der Waals surface area contributed by atoms with Gasteiger partial charge >= 0.3 is 5.97 Å². The largest absolute Gasteiger partial charge is 0.508 e.